The summed E-state index contributed by atoms with van der Waals surface area (Å²) in [6, 6.07) is 21.1. The molecule has 3 aromatic rings. The Morgan fingerprint density at radius 2 is 0.882 bits per heavy atom. The van der Waals surface area contributed by atoms with Gasteiger partial charge in [-0.2, -0.15) is 0 Å². The van der Waals surface area contributed by atoms with Crippen LogP contribution in [0.15, 0.2) is 60.7 Å². The average molecular weight is 678 g/mol. The Labute approximate surface area is 227 Å². The molecule has 2 aliphatic heterocycles. The van der Waals surface area contributed by atoms with E-state index in [1.165, 1.54) is 18.3 Å². The number of hydrogen-bond acceptors (Lipinski definition) is 4. The van der Waals surface area contributed by atoms with Gasteiger partial charge in [-0.3, -0.25) is 0 Å². The third-order valence-electron chi connectivity index (χ3n) is 5.69. The van der Waals surface area contributed by atoms with Gasteiger partial charge >= 0.3 is 0 Å². The van der Waals surface area contributed by atoms with Crippen LogP contribution in [0.5, 0.6) is 0 Å². The fourth-order valence-corrected chi connectivity index (χ4v) is 5.18. The van der Waals surface area contributed by atoms with Crippen molar-refractivity contribution in [2.45, 2.75) is 12.6 Å². The Kier molecular flexibility index (Phi) is 8.13. The molecular weight excluding hydrogens is 654 g/mol. The monoisotopic (exact) mass is 678 g/mol. The van der Waals surface area contributed by atoms with E-state index in [9.17, 15) is 0 Å². The molecule has 2 aliphatic rings. The maximum atomic E-state index is 5.56. The minimum atomic E-state index is -0.227. The molecule has 0 radical (unpaired) electrons. The Hall–Kier alpha value is -1.56. The van der Waals surface area contributed by atoms with Crippen LogP contribution in [-0.2, 0) is 18.9 Å². The lowest BCUT2D eigenvalue weighted by Gasteiger charge is -2.09. The van der Waals surface area contributed by atoms with Gasteiger partial charge in [-0.25, -0.2) is 0 Å². The molecule has 2 fully saturated rings. The first kappa shape index (κ1) is 24.1. The van der Waals surface area contributed by atoms with Gasteiger partial charge in [0.15, 0.2) is 12.6 Å². The Morgan fingerprint density at radius 3 is 1.24 bits per heavy atom. The first-order chi connectivity index (χ1) is 16.7. The predicted molar refractivity (Wildman–Crippen MR) is 152 cm³/mol. The van der Waals surface area contributed by atoms with E-state index in [4.69, 9.17) is 18.9 Å². The third kappa shape index (κ3) is 5.98. The first-order valence-electron chi connectivity index (χ1n) is 11.2. The smallest absolute Gasteiger partial charge is 0.184 e. The lowest BCUT2D eigenvalue weighted by molar-refractivity contribution is -0.0443. The quantitative estimate of drug-likeness (QED) is 0.202. The summed E-state index contributed by atoms with van der Waals surface area (Å²) in [5.74, 6) is 0. The number of ether oxygens (including phenoxy) is 4. The topological polar surface area (TPSA) is 36.9 Å². The predicted octanol–water partition coefficient (Wildman–Crippen LogP) is 7.33. The van der Waals surface area contributed by atoms with Crippen LogP contribution in [0.3, 0.4) is 0 Å². The maximum absolute atomic E-state index is 5.56. The van der Waals surface area contributed by atoms with Gasteiger partial charge in [-0.15, -0.1) is 0 Å². The van der Waals surface area contributed by atoms with Crippen LogP contribution < -0.4 is 0 Å². The zero-order valence-corrected chi connectivity index (χ0v) is 22.8. The second kappa shape index (κ2) is 11.5. The SMILES string of the molecule is Ic1cc(/C=C/c2ccc(C3OCCO3)cc2)c(I)cc1/C=C/c1ccc(C2OCCO2)cc1. The molecule has 6 heteroatoms. The lowest BCUT2D eigenvalue weighted by Crippen LogP contribution is -1.97. The molecule has 174 valence electrons. The summed E-state index contributed by atoms with van der Waals surface area (Å²) in [6.07, 6.45) is 8.16. The van der Waals surface area contributed by atoms with Crippen molar-refractivity contribution in [3.63, 3.8) is 0 Å². The van der Waals surface area contributed by atoms with Crippen molar-refractivity contribution in [1.82, 2.24) is 0 Å². The highest BCUT2D eigenvalue weighted by Crippen LogP contribution is 2.27. The van der Waals surface area contributed by atoms with Crippen LogP contribution in [0.25, 0.3) is 24.3 Å². The molecule has 0 saturated carbocycles. The molecule has 0 spiro atoms. The molecule has 5 rings (SSSR count). The van der Waals surface area contributed by atoms with E-state index in [2.05, 4.69) is 130 Å². The molecule has 0 unspecified atom stereocenters. The van der Waals surface area contributed by atoms with Crippen molar-refractivity contribution in [2.75, 3.05) is 26.4 Å². The molecule has 2 saturated heterocycles. The summed E-state index contributed by atoms with van der Waals surface area (Å²) in [4.78, 5) is 0. The molecule has 2 heterocycles. The Morgan fingerprint density at radius 1 is 0.529 bits per heavy atom. The highest BCUT2D eigenvalue weighted by molar-refractivity contribution is 14.1. The van der Waals surface area contributed by atoms with E-state index in [-0.39, 0.29) is 12.6 Å². The van der Waals surface area contributed by atoms with Crippen LogP contribution in [0.1, 0.15) is 46.0 Å². The van der Waals surface area contributed by atoms with Crippen molar-refractivity contribution in [2.24, 2.45) is 0 Å². The zero-order chi connectivity index (χ0) is 23.3. The highest BCUT2D eigenvalue weighted by atomic mass is 127. The molecule has 0 aromatic heterocycles. The molecule has 34 heavy (non-hydrogen) atoms. The summed E-state index contributed by atoms with van der Waals surface area (Å²) in [7, 11) is 0. The molecule has 0 amide bonds. The van der Waals surface area contributed by atoms with Crippen molar-refractivity contribution in [3.05, 3.63) is 101 Å². The lowest BCUT2D eigenvalue weighted by atomic mass is 10.1. The summed E-state index contributed by atoms with van der Waals surface area (Å²) in [6.45, 7) is 2.64. The summed E-state index contributed by atoms with van der Waals surface area (Å²) >= 11 is 4.81. The normalized spacial score (nSPS) is 17.5. The van der Waals surface area contributed by atoms with Crippen LogP contribution in [-0.4, -0.2) is 26.4 Å². The standard InChI is InChI=1S/C28H24I2O4/c29-25-18-24(12-6-20-3-9-22(10-4-20)28-33-15-16-34-28)26(30)17-23(25)11-5-19-1-7-21(8-2-19)27-31-13-14-32-27/h1-12,17-18,27-28H,13-16H2/b11-5+,12-6+. The average Bonchev–Trinajstić information content (AvgIpc) is 3.59. The summed E-state index contributed by atoms with van der Waals surface area (Å²) in [5, 5.41) is 0. The third-order valence-corrected chi connectivity index (χ3v) is 7.56. The van der Waals surface area contributed by atoms with Crippen molar-refractivity contribution in [1.29, 1.82) is 0 Å². The van der Waals surface area contributed by atoms with E-state index in [0.29, 0.717) is 26.4 Å². The minimum Gasteiger partial charge on any atom is -0.346 e. The first-order valence-corrected chi connectivity index (χ1v) is 13.3. The number of hydrogen-bond donors (Lipinski definition) is 0. The van der Waals surface area contributed by atoms with E-state index in [1.54, 1.807) is 0 Å². The Balaban J connectivity index is 1.25. The molecular formula is C28H24I2O4. The number of rotatable bonds is 6. The van der Waals surface area contributed by atoms with E-state index < -0.39 is 0 Å². The van der Waals surface area contributed by atoms with Gasteiger partial charge in [0.05, 0.1) is 26.4 Å². The second-order valence-corrected chi connectivity index (χ2v) is 10.4. The second-order valence-electron chi connectivity index (χ2n) is 8.04. The zero-order valence-electron chi connectivity index (χ0n) is 18.5. The number of halogens is 2. The molecule has 0 atom stereocenters. The van der Waals surface area contributed by atoms with E-state index >= 15 is 0 Å². The molecule has 0 N–H and O–H groups in total. The molecule has 0 bridgehead atoms. The van der Waals surface area contributed by atoms with Crippen LogP contribution in [0.4, 0.5) is 0 Å². The van der Waals surface area contributed by atoms with Crippen LogP contribution >= 0.6 is 45.2 Å². The van der Waals surface area contributed by atoms with Gasteiger partial charge < -0.3 is 18.9 Å². The largest absolute Gasteiger partial charge is 0.346 e. The summed E-state index contributed by atoms with van der Waals surface area (Å²) < 4.78 is 24.7. The van der Waals surface area contributed by atoms with Gasteiger partial charge in [-0.1, -0.05) is 72.8 Å². The van der Waals surface area contributed by atoms with Crippen LogP contribution in [0.2, 0.25) is 0 Å². The molecule has 4 nitrogen and oxygen atoms in total. The minimum absolute atomic E-state index is 0.227. The fraction of sp³-hybridized carbons (Fsp3) is 0.214. The van der Waals surface area contributed by atoms with Gasteiger partial charge in [-0.05, 0) is 79.6 Å². The van der Waals surface area contributed by atoms with Crippen molar-refractivity contribution >= 4 is 69.5 Å². The van der Waals surface area contributed by atoms with Gasteiger partial charge in [0, 0.05) is 18.3 Å². The van der Waals surface area contributed by atoms with E-state index in [0.717, 1.165) is 22.3 Å². The van der Waals surface area contributed by atoms with Crippen molar-refractivity contribution in [3.8, 4) is 0 Å². The van der Waals surface area contributed by atoms with E-state index in [1.807, 2.05) is 0 Å². The Bertz CT molecular complexity index is 1080. The van der Waals surface area contributed by atoms with Gasteiger partial charge in [0.2, 0.25) is 0 Å². The van der Waals surface area contributed by atoms with Gasteiger partial charge in [0.25, 0.3) is 0 Å². The van der Waals surface area contributed by atoms with Crippen molar-refractivity contribution < 1.29 is 18.9 Å². The number of benzene rings is 3. The fourth-order valence-electron chi connectivity index (χ4n) is 3.84. The maximum Gasteiger partial charge on any atom is 0.184 e. The summed E-state index contributed by atoms with van der Waals surface area (Å²) in [5.41, 5.74) is 6.82. The van der Waals surface area contributed by atoms with Gasteiger partial charge in [0.1, 0.15) is 0 Å². The molecule has 3 aromatic carbocycles. The molecule has 0 aliphatic carbocycles. The highest BCUT2D eigenvalue weighted by Gasteiger charge is 2.18. The van der Waals surface area contributed by atoms with Crippen LogP contribution in [0, 0.1) is 7.14 Å².